The Kier molecular flexibility index (Phi) is 2.58. The van der Waals surface area contributed by atoms with Crippen molar-refractivity contribution in [2.75, 3.05) is 14.1 Å². The largest absolute Gasteiger partial charge is 0.476 e. The Balaban J connectivity index is 2.43. The zero-order chi connectivity index (χ0) is 8.27. The molecule has 0 heterocycles. The van der Waals surface area contributed by atoms with Crippen LogP contribution in [-0.4, -0.2) is 25.1 Å². The summed E-state index contributed by atoms with van der Waals surface area (Å²) in [6.07, 6.45) is 6.49. The lowest BCUT2D eigenvalue weighted by Gasteiger charge is -2.16. The van der Waals surface area contributed by atoms with Crippen LogP contribution in [0.15, 0.2) is 24.6 Å². The molecule has 1 saturated carbocycles. The van der Waals surface area contributed by atoms with Gasteiger partial charge in [0.05, 0.1) is 0 Å². The van der Waals surface area contributed by atoms with Gasteiger partial charge in [-0.25, -0.2) is 0 Å². The van der Waals surface area contributed by atoms with Crippen LogP contribution >= 0.6 is 0 Å². The van der Waals surface area contributed by atoms with Crippen LogP contribution < -0.4 is 0 Å². The first-order chi connectivity index (χ1) is 5.24. The van der Waals surface area contributed by atoms with Gasteiger partial charge in [0.15, 0.2) is 5.88 Å². The predicted octanol–water partition coefficient (Wildman–Crippen LogP) is 1.75. The molecule has 2 nitrogen and oxygen atoms in total. The summed E-state index contributed by atoms with van der Waals surface area (Å²) in [6, 6.07) is 0. The fraction of sp³-hybridized carbons (Fsp3) is 0.556. The Bertz CT molecular complexity index is 168. The van der Waals surface area contributed by atoms with E-state index in [0.29, 0.717) is 6.10 Å². The van der Waals surface area contributed by atoms with Crippen LogP contribution in [-0.2, 0) is 4.74 Å². The summed E-state index contributed by atoms with van der Waals surface area (Å²) < 4.78 is 5.58. The van der Waals surface area contributed by atoms with E-state index >= 15 is 0 Å². The van der Waals surface area contributed by atoms with E-state index in [1.807, 2.05) is 25.1 Å². The van der Waals surface area contributed by atoms with Crippen molar-refractivity contribution >= 4 is 0 Å². The second-order valence-corrected chi connectivity index (χ2v) is 2.95. The molecule has 0 atom stereocenters. The standard InChI is InChI=1S/C9H15NO/c1-4-5-9(10(2)3)11-8-6-7-8/h4-5,8H,1,6-7H2,2-3H3/b9-5+. The Morgan fingerprint density at radius 3 is 2.55 bits per heavy atom. The van der Waals surface area contributed by atoms with Gasteiger partial charge in [-0.1, -0.05) is 12.7 Å². The highest BCUT2D eigenvalue weighted by Crippen LogP contribution is 2.26. The van der Waals surface area contributed by atoms with E-state index in [1.54, 1.807) is 6.08 Å². The maximum Gasteiger partial charge on any atom is 0.188 e. The third kappa shape index (κ3) is 2.66. The molecule has 1 rings (SSSR count). The molecule has 62 valence electrons. The first-order valence-electron chi connectivity index (χ1n) is 3.90. The van der Waals surface area contributed by atoms with E-state index in [-0.39, 0.29) is 0 Å². The van der Waals surface area contributed by atoms with Gasteiger partial charge in [-0.05, 0) is 18.9 Å². The third-order valence-corrected chi connectivity index (χ3v) is 1.51. The molecule has 0 saturated heterocycles. The second-order valence-electron chi connectivity index (χ2n) is 2.95. The highest BCUT2D eigenvalue weighted by molar-refractivity contribution is 5.03. The highest BCUT2D eigenvalue weighted by atomic mass is 16.5. The first-order valence-corrected chi connectivity index (χ1v) is 3.90. The molecule has 0 unspecified atom stereocenters. The Morgan fingerprint density at radius 2 is 2.18 bits per heavy atom. The minimum Gasteiger partial charge on any atom is -0.476 e. The normalized spacial score (nSPS) is 17.8. The zero-order valence-corrected chi connectivity index (χ0v) is 7.21. The zero-order valence-electron chi connectivity index (χ0n) is 7.21. The van der Waals surface area contributed by atoms with Crippen molar-refractivity contribution in [3.63, 3.8) is 0 Å². The van der Waals surface area contributed by atoms with E-state index in [1.165, 1.54) is 12.8 Å². The molecule has 0 aromatic rings. The minimum atomic E-state index is 0.462. The SMILES string of the molecule is C=C/C=C(/OC1CC1)N(C)C. The van der Waals surface area contributed by atoms with Gasteiger partial charge in [-0.3, -0.25) is 0 Å². The molecule has 0 spiro atoms. The van der Waals surface area contributed by atoms with E-state index in [4.69, 9.17) is 4.74 Å². The van der Waals surface area contributed by atoms with E-state index < -0.39 is 0 Å². The maximum absolute atomic E-state index is 5.58. The van der Waals surface area contributed by atoms with Gasteiger partial charge in [-0.2, -0.15) is 0 Å². The molecule has 0 amide bonds. The van der Waals surface area contributed by atoms with Crippen molar-refractivity contribution in [1.29, 1.82) is 0 Å². The smallest absolute Gasteiger partial charge is 0.188 e. The number of ether oxygens (including phenoxy) is 1. The lowest BCUT2D eigenvalue weighted by atomic mass is 10.5. The maximum atomic E-state index is 5.58. The molecule has 0 aromatic heterocycles. The molecule has 0 N–H and O–H groups in total. The quantitative estimate of drug-likeness (QED) is 0.450. The molecule has 0 aliphatic heterocycles. The summed E-state index contributed by atoms with van der Waals surface area (Å²) in [7, 11) is 3.94. The molecule has 11 heavy (non-hydrogen) atoms. The molecule has 0 aromatic carbocycles. The third-order valence-electron chi connectivity index (χ3n) is 1.51. The lowest BCUT2D eigenvalue weighted by Crippen LogP contribution is -2.14. The Hall–Kier alpha value is -0.920. The molecule has 1 aliphatic rings. The molecular weight excluding hydrogens is 138 g/mol. The Labute approximate surface area is 68.1 Å². The van der Waals surface area contributed by atoms with Crippen molar-refractivity contribution in [2.45, 2.75) is 18.9 Å². The monoisotopic (exact) mass is 153 g/mol. The van der Waals surface area contributed by atoms with Gasteiger partial charge in [0.25, 0.3) is 0 Å². The fourth-order valence-corrected chi connectivity index (χ4v) is 0.751. The molecule has 2 heteroatoms. The average molecular weight is 153 g/mol. The molecule has 0 radical (unpaired) electrons. The van der Waals surface area contributed by atoms with Crippen molar-refractivity contribution in [1.82, 2.24) is 4.90 Å². The number of nitrogens with zero attached hydrogens (tertiary/aromatic N) is 1. The van der Waals surface area contributed by atoms with E-state index in [9.17, 15) is 0 Å². The average Bonchev–Trinajstić information content (AvgIpc) is 2.70. The summed E-state index contributed by atoms with van der Waals surface area (Å²) in [5, 5.41) is 0. The Morgan fingerprint density at radius 1 is 1.55 bits per heavy atom. The minimum absolute atomic E-state index is 0.462. The topological polar surface area (TPSA) is 12.5 Å². The molecular formula is C9H15NO. The van der Waals surface area contributed by atoms with Gasteiger partial charge in [-0.15, -0.1) is 0 Å². The van der Waals surface area contributed by atoms with Crippen LogP contribution in [0.2, 0.25) is 0 Å². The van der Waals surface area contributed by atoms with E-state index in [0.717, 1.165) is 5.88 Å². The predicted molar refractivity (Wildman–Crippen MR) is 46.1 cm³/mol. The van der Waals surface area contributed by atoms with Crippen molar-refractivity contribution < 1.29 is 4.74 Å². The summed E-state index contributed by atoms with van der Waals surface area (Å²) in [5.41, 5.74) is 0. The summed E-state index contributed by atoms with van der Waals surface area (Å²) in [6.45, 7) is 3.63. The summed E-state index contributed by atoms with van der Waals surface area (Å²) in [5.74, 6) is 0.905. The molecule has 1 fully saturated rings. The van der Waals surface area contributed by atoms with Gasteiger partial charge >= 0.3 is 0 Å². The molecule has 0 bridgehead atoms. The van der Waals surface area contributed by atoms with Crippen LogP contribution in [0.5, 0.6) is 0 Å². The van der Waals surface area contributed by atoms with Crippen LogP contribution in [0.3, 0.4) is 0 Å². The van der Waals surface area contributed by atoms with E-state index in [2.05, 4.69) is 6.58 Å². The van der Waals surface area contributed by atoms with Gasteiger partial charge < -0.3 is 9.64 Å². The summed E-state index contributed by atoms with van der Waals surface area (Å²) in [4.78, 5) is 1.96. The summed E-state index contributed by atoms with van der Waals surface area (Å²) >= 11 is 0. The number of hydrogen-bond donors (Lipinski definition) is 0. The molecule has 1 aliphatic carbocycles. The van der Waals surface area contributed by atoms with Crippen LogP contribution in [0.1, 0.15) is 12.8 Å². The first kappa shape index (κ1) is 8.18. The van der Waals surface area contributed by atoms with Crippen LogP contribution in [0.4, 0.5) is 0 Å². The lowest BCUT2D eigenvalue weighted by molar-refractivity contribution is 0.128. The number of allylic oxidation sites excluding steroid dienone is 2. The van der Waals surface area contributed by atoms with Gasteiger partial charge in [0.2, 0.25) is 0 Å². The van der Waals surface area contributed by atoms with Crippen LogP contribution in [0, 0.1) is 0 Å². The fourth-order valence-electron chi connectivity index (χ4n) is 0.751. The van der Waals surface area contributed by atoms with Crippen LogP contribution in [0.25, 0.3) is 0 Å². The van der Waals surface area contributed by atoms with Crippen molar-refractivity contribution in [2.24, 2.45) is 0 Å². The number of rotatable bonds is 4. The van der Waals surface area contributed by atoms with Gasteiger partial charge in [0, 0.05) is 14.1 Å². The highest BCUT2D eigenvalue weighted by Gasteiger charge is 2.24. The second kappa shape index (κ2) is 3.46. The number of hydrogen-bond acceptors (Lipinski definition) is 2. The van der Waals surface area contributed by atoms with Crippen molar-refractivity contribution in [3.8, 4) is 0 Å². The van der Waals surface area contributed by atoms with Crippen molar-refractivity contribution in [3.05, 3.63) is 24.6 Å². The van der Waals surface area contributed by atoms with Gasteiger partial charge in [0.1, 0.15) is 6.10 Å².